The Balaban J connectivity index is 1.29. The first kappa shape index (κ1) is 36.1. The van der Waals surface area contributed by atoms with E-state index < -0.39 is 64.9 Å². The summed E-state index contributed by atoms with van der Waals surface area (Å²) in [6.45, 7) is 7.44. The molecule has 5 amide bonds. The molecule has 5 rings (SSSR count). The van der Waals surface area contributed by atoms with E-state index in [-0.39, 0.29) is 35.4 Å². The van der Waals surface area contributed by atoms with Crippen molar-refractivity contribution in [2.45, 2.75) is 122 Å². The Morgan fingerprint density at radius 2 is 1.57 bits per heavy atom. The van der Waals surface area contributed by atoms with Gasteiger partial charge in [0.1, 0.15) is 17.8 Å². The Hall–Kier alpha value is -4.16. The number of rotatable bonds is 14. The number of aromatic nitrogens is 2. The molecule has 1 aromatic rings. The van der Waals surface area contributed by atoms with Gasteiger partial charge >= 0.3 is 0 Å². The molecule has 1 aromatic heterocycles. The molecular weight excluding hydrogens is 626 g/mol. The van der Waals surface area contributed by atoms with Gasteiger partial charge in [0, 0.05) is 24.5 Å². The fourth-order valence-electron chi connectivity index (χ4n) is 7.50. The zero-order chi connectivity index (χ0) is 35.3. The molecule has 4 aliphatic carbocycles. The lowest BCUT2D eigenvalue weighted by Gasteiger charge is -2.36. The molecule has 0 saturated heterocycles. The Bertz CT molecular complexity index is 1430. The molecule has 4 aliphatic rings. The number of amides is 5. The molecule has 0 aliphatic heterocycles. The van der Waals surface area contributed by atoms with Gasteiger partial charge in [-0.1, -0.05) is 65.5 Å². The summed E-state index contributed by atoms with van der Waals surface area (Å²) in [5, 5.41) is 14.5. The second-order valence-electron chi connectivity index (χ2n) is 15.2. The normalized spacial score (nSPS) is 25.1. The number of nitrogens with zero attached hydrogens (tertiary/aromatic N) is 2. The van der Waals surface area contributed by atoms with Crippen molar-refractivity contribution in [3.8, 4) is 0 Å². The maximum Gasteiger partial charge on any atom is 0.289 e. The van der Waals surface area contributed by atoms with E-state index in [1.807, 2.05) is 39.8 Å². The summed E-state index contributed by atoms with van der Waals surface area (Å²) < 4.78 is 0. The molecule has 3 fully saturated rings. The molecule has 13 nitrogen and oxygen atoms in total. The van der Waals surface area contributed by atoms with Gasteiger partial charge in [-0.05, 0) is 61.7 Å². The van der Waals surface area contributed by atoms with Crippen LogP contribution >= 0.6 is 0 Å². The van der Waals surface area contributed by atoms with Crippen molar-refractivity contribution in [3.63, 3.8) is 0 Å². The Morgan fingerprint density at radius 3 is 2.20 bits per heavy atom. The van der Waals surface area contributed by atoms with Gasteiger partial charge in [0.05, 0.1) is 18.2 Å². The highest BCUT2D eigenvalue weighted by molar-refractivity contribution is 6.38. The number of allylic oxidation sites excluding steroid dienone is 1. The molecule has 2 bridgehead atoms. The van der Waals surface area contributed by atoms with Crippen LogP contribution in [0.1, 0.15) is 102 Å². The van der Waals surface area contributed by atoms with E-state index in [0.717, 1.165) is 44.9 Å². The van der Waals surface area contributed by atoms with E-state index >= 15 is 0 Å². The predicted molar refractivity (Wildman–Crippen MR) is 180 cm³/mol. The first-order valence-electron chi connectivity index (χ1n) is 17.9. The molecule has 49 heavy (non-hydrogen) atoms. The first-order chi connectivity index (χ1) is 23.4. The average molecular weight is 678 g/mol. The van der Waals surface area contributed by atoms with Crippen LogP contribution in [0, 0.1) is 29.1 Å². The molecule has 0 aromatic carbocycles. The van der Waals surface area contributed by atoms with Crippen LogP contribution in [0.3, 0.4) is 0 Å². The van der Waals surface area contributed by atoms with E-state index in [9.17, 15) is 28.8 Å². The minimum Gasteiger partial charge on any atom is -0.350 e. The summed E-state index contributed by atoms with van der Waals surface area (Å²) in [6, 6.07) is -3.35. The van der Waals surface area contributed by atoms with Crippen molar-refractivity contribution in [2.75, 3.05) is 0 Å². The first-order valence-corrected chi connectivity index (χ1v) is 17.9. The number of ketones is 1. The second-order valence-corrected chi connectivity index (χ2v) is 15.2. The number of Topliss-reactive ketones (excluding diaryl/α,β-unsaturated/α-hetero) is 1. The Labute approximate surface area is 288 Å². The monoisotopic (exact) mass is 677 g/mol. The summed E-state index contributed by atoms with van der Waals surface area (Å²) >= 11 is 0. The SMILES string of the molecule is CCCC(NC(=O)[C@H]1[C@@H](NC(=O)[C@@H](NC(=O)[C@@H](NC(=O)c2cnccn2)C2CCCCC2)C(C)(C)C)[C@H]2C=C[C@@H]1C2)C(=O)C(=O)NC1CC1. The molecule has 5 N–H and O–H groups in total. The molecule has 13 heteroatoms. The van der Waals surface area contributed by atoms with Gasteiger partial charge in [0.25, 0.3) is 11.8 Å². The molecule has 0 spiro atoms. The minimum absolute atomic E-state index is 0.0216. The summed E-state index contributed by atoms with van der Waals surface area (Å²) in [7, 11) is 0. The highest BCUT2D eigenvalue weighted by atomic mass is 16.2. The van der Waals surface area contributed by atoms with Crippen LogP contribution in [0.5, 0.6) is 0 Å². The zero-order valence-corrected chi connectivity index (χ0v) is 29.0. The van der Waals surface area contributed by atoms with E-state index in [0.29, 0.717) is 19.3 Å². The van der Waals surface area contributed by atoms with Crippen LogP contribution in [-0.4, -0.2) is 75.5 Å². The lowest BCUT2D eigenvalue weighted by Crippen LogP contribution is -2.62. The van der Waals surface area contributed by atoms with Gasteiger partial charge in [-0.2, -0.15) is 0 Å². The van der Waals surface area contributed by atoms with Crippen molar-refractivity contribution in [1.29, 1.82) is 0 Å². The smallest absolute Gasteiger partial charge is 0.289 e. The number of carbonyl (C=O) groups is 6. The second kappa shape index (κ2) is 15.6. The van der Waals surface area contributed by atoms with Gasteiger partial charge in [-0.15, -0.1) is 0 Å². The van der Waals surface area contributed by atoms with Crippen LogP contribution < -0.4 is 26.6 Å². The molecular formula is C36H51N7O6. The van der Waals surface area contributed by atoms with Gasteiger partial charge in [-0.25, -0.2) is 4.98 Å². The number of nitrogens with one attached hydrogen (secondary N) is 5. The third-order valence-electron chi connectivity index (χ3n) is 10.3. The standard InChI is InChI=1S/C36H51N7O6/c1-5-9-24(29(44)34(48)39-23-14-15-23)40-32(46)26-21-12-13-22(18-21)27(26)41-35(49)30(36(2,3)4)43-33(47)28(20-10-7-6-8-11-20)42-31(45)25-19-37-16-17-38-25/h12-13,16-17,19-24,26-28,30H,5-11,14-15,18H2,1-4H3,(H,39,48)(H,40,46)(H,41,49)(H,42,45)(H,43,47)/t21-,22+,24?,26-,27+,28+,30-/m1/s1. The van der Waals surface area contributed by atoms with Crippen molar-refractivity contribution in [1.82, 2.24) is 36.6 Å². The van der Waals surface area contributed by atoms with Crippen LogP contribution in [0.2, 0.25) is 0 Å². The maximum absolute atomic E-state index is 14.1. The van der Waals surface area contributed by atoms with Crippen LogP contribution in [0.25, 0.3) is 0 Å². The fourth-order valence-corrected chi connectivity index (χ4v) is 7.50. The van der Waals surface area contributed by atoms with Crippen molar-refractivity contribution in [3.05, 3.63) is 36.4 Å². The van der Waals surface area contributed by atoms with Crippen LogP contribution in [0.15, 0.2) is 30.7 Å². The lowest BCUT2D eigenvalue weighted by molar-refractivity contribution is -0.141. The van der Waals surface area contributed by atoms with Gasteiger partial charge < -0.3 is 26.6 Å². The molecule has 0 radical (unpaired) electrons. The lowest BCUT2D eigenvalue weighted by atomic mass is 9.81. The van der Waals surface area contributed by atoms with Crippen molar-refractivity contribution < 1.29 is 28.8 Å². The van der Waals surface area contributed by atoms with E-state index in [4.69, 9.17) is 0 Å². The van der Waals surface area contributed by atoms with Gasteiger partial charge in [0.15, 0.2) is 0 Å². The minimum atomic E-state index is -0.980. The quantitative estimate of drug-likeness (QED) is 0.146. The third-order valence-corrected chi connectivity index (χ3v) is 10.3. The molecule has 3 saturated carbocycles. The maximum atomic E-state index is 14.1. The largest absolute Gasteiger partial charge is 0.350 e. The van der Waals surface area contributed by atoms with Crippen molar-refractivity contribution >= 4 is 35.3 Å². The Morgan fingerprint density at radius 1 is 0.857 bits per heavy atom. The molecule has 266 valence electrons. The summed E-state index contributed by atoms with van der Waals surface area (Å²) in [5.41, 5.74) is -0.619. The topological polar surface area (TPSA) is 188 Å². The number of hydrogen-bond donors (Lipinski definition) is 5. The fraction of sp³-hybridized carbons (Fsp3) is 0.667. The number of hydrogen-bond acceptors (Lipinski definition) is 8. The number of carbonyl (C=O) groups excluding carboxylic acids is 6. The molecule has 7 atom stereocenters. The molecule has 1 heterocycles. The third kappa shape index (κ3) is 8.90. The highest BCUT2D eigenvalue weighted by Gasteiger charge is 2.50. The Kier molecular flexibility index (Phi) is 11.5. The van der Waals surface area contributed by atoms with E-state index in [1.54, 1.807) is 0 Å². The predicted octanol–water partition coefficient (Wildman–Crippen LogP) is 2.13. The van der Waals surface area contributed by atoms with Gasteiger partial charge in [-0.3, -0.25) is 33.8 Å². The van der Waals surface area contributed by atoms with E-state index in [1.165, 1.54) is 18.6 Å². The highest BCUT2D eigenvalue weighted by Crippen LogP contribution is 2.44. The summed E-state index contributed by atoms with van der Waals surface area (Å²) in [5.74, 6) is -4.09. The summed E-state index contributed by atoms with van der Waals surface area (Å²) in [4.78, 5) is 88.6. The number of fused-ring (bicyclic) bond motifs is 2. The van der Waals surface area contributed by atoms with Crippen LogP contribution in [0.4, 0.5) is 0 Å². The summed E-state index contributed by atoms with van der Waals surface area (Å²) in [6.07, 6.45) is 16.0. The van der Waals surface area contributed by atoms with Gasteiger partial charge in [0.2, 0.25) is 23.5 Å². The van der Waals surface area contributed by atoms with E-state index in [2.05, 4.69) is 36.6 Å². The molecule has 1 unspecified atom stereocenters. The zero-order valence-electron chi connectivity index (χ0n) is 29.0. The van der Waals surface area contributed by atoms with Crippen LogP contribution in [-0.2, 0) is 24.0 Å². The van der Waals surface area contributed by atoms with Crippen molar-refractivity contribution in [2.24, 2.45) is 29.1 Å². The average Bonchev–Trinajstić information content (AvgIpc) is 3.66.